The number of nitrogens with one attached hydrogen (secondary N) is 3. The minimum Gasteiger partial charge on any atom is -0.466 e. The van der Waals surface area contributed by atoms with Gasteiger partial charge < -0.3 is 30.3 Å². The van der Waals surface area contributed by atoms with Crippen LogP contribution in [0, 0.1) is 0 Å². The average Bonchev–Trinajstić information content (AvgIpc) is 2.86. The Bertz CT molecular complexity index is 1050. The van der Waals surface area contributed by atoms with Gasteiger partial charge in [0.05, 0.1) is 31.3 Å². The van der Waals surface area contributed by atoms with Gasteiger partial charge >= 0.3 is 18.0 Å². The number of anilines is 1. The highest BCUT2D eigenvalue weighted by atomic mass is 16.5. The van der Waals surface area contributed by atoms with Crippen molar-refractivity contribution in [3.63, 3.8) is 0 Å². The van der Waals surface area contributed by atoms with Crippen LogP contribution in [0.4, 0.5) is 10.5 Å². The molecule has 0 bridgehead atoms. The van der Waals surface area contributed by atoms with Crippen molar-refractivity contribution < 1.29 is 28.7 Å². The Morgan fingerprint density at radius 3 is 2.22 bits per heavy atom. The van der Waals surface area contributed by atoms with Gasteiger partial charge in [0.25, 0.3) is 0 Å². The molecule has 2 aliphatic rings. The number of piperidine rings is 1. The lowest BCUT2D eigenvalue weighted by molar-refractivity contribution is -0.137. The van der Waals surface area contributed by atoms with E-state index in [2.05, 4.69) is 20.9 Å². The summed E-state index contributed by atoms with van der Waals surface area (Å²) in [6, 6.07) is 6.64. The summed E-state index contributed by atoms with van der Waals surface area (Å²) in [5, 5.41) is 8.73. The number of methoxy groups -OCH3 is 2. The lowest BCUT2D eigenvalue weighted by Gasteiger charge is -2.30. The molecule has 10 heteroatoms. The van der Waals surface area contributed by atoms with E-state index >= 15 is 0 Å². The van der Waals surface area contributed by atoms with Gasteiger partial charge in [-0.25, -0.2) is 14.4 Å². The maximum atomic E-state index is 12.7. The standard InChI is InChI=1S/C26H34N4O6/c1-16-21(24(32)35-3)23(22(17(2)28-16)25(33)36-4)18-7-5-8-19(15-18)29-26(34)27-11-6-12-30-13-9-20(31)10-14-30/h5,7-8,15,23,28H,6,9-14H2,1-4H3,(H2,27,29,34). The molecule has 36 heavy (non-hydrogen) atoms. The molecule has 1 fully saturated rings. The highest BCUT2D eigenvalue weighted by Crippen LogP contribution is 2.39. The van der Waals surface area contributed by atoms with Gasteiger partial charge in [-0.3, -0.25) is 4.79 Å². The monoisotopic (exact) mass is 498 g/mol. The molecule has 0 radical (unpaired) electrons. The maximum Gasteiger partial charge on any atom is 0.336 e. The van der Waals surface area contributed by atoms with Crippen molar-refractivity contribution in [3.8, 4) is 0 Å². The molecule has 2 amide bonds. The van der Waals surface area contributed by atoms with E-state index in [4.69, 9.17) is 9.47 Å². The number of amides is 2. The molecule has 3 N–H and O–H groups in total. The quantitative estimate of drug-likeness (QED) is 0.369. The molecular weight excluding hydrogens is 464 g/mol. The third-order valence-electron chi connectivity index (χ3n) is 6.40. The molecule has 3 rings (SSSR count). The minimum absolute atomic E-state index is 0.296. The first-order valence-corrected chi connectivity index (χ1v) is 12.0. The third-order valence-corrected chi connectivity index (χ3v) is 6.40. The lowest BCUT2D eigenvalue weighted by atomic mass is 9.80. The van der Waals surface area contributed by atoms with Gasteiger partial charge in [0.15, 0.2) is 0 Å². The van der Waals surface area contributed by atoms with Crippen molar-refractivity contribution in [3.05, 3.63) is 52.4 Å². The molecule has 194 valence electrons. The summed E-state index contributed by atoms with van der Waals surface area (Å²) in [7, 11) is 2.57. The number of hydrogen-bond donors (Lipinski definition) is 3. The van der Waals surface area contributed by atoms with Gasteiger partial charge in [0.2, 0.25) is 0 Å². The van der Waals surface area contributed by atoms with Crippen LogP contribution in [0.15, 0.2) is 46.8 Å². The van der Waals surface area contributed by atoms with E-state index in [-0.39, 0.29) is 6.03 Å². The fourth-order valence-corrected chi connectivity index (χ4v) is 4.59. The number of carbonyl (C=O) groups excluding carboxylic acids is 4. The molecule has 2 aliphatic heterocycles. The summed E-state index contributed by atoms with van der Waals surface area (Å²) in [6.45, 7) is 6.35. The summed E-state index contributed by atoms with van der Waals surface area (Å²) in [4.78, 5) is 51.4. The zero-order valence-electron chi connectivity index (χ0n) is 21.2. The van der Waals surface area contributed by atoms with Crippen LogP contribution < -0.4 is 16.0 Å². The number of rotatable bonds is 8. The van der Waals surface area contributed by atoms with Crippen LogP contribution >= 0.6 is 0 Å². The molecule has 2 heterocycles. The first-order chi connectivity index (χ1) is 17.2. The van der Waals surface area contributed by atoms with E-state index < -0.39 is 17.9 Å². The van der Waals surface area contributed by atoms with Gasteiger partial charge in [-0.1, -0.05) is 12.1 Å². The molecular formula is C26H34N4O6. The Hall–Kier alpha value is -3.66. The molecule has 0 unspecified atom stereocenters. The molecule has 0 spiro atoms. The van der Waals surface area contributed by atoms with Crippen LogP contribution in [0.5, 0.6) is 0 Å². The second-order valence-corrected chi connectivity index (χ2v) is 8.86. The topological polar surface area (TPSA) is 126 Å². The number of ether oxygens (including phenoxy) is 2. The Labute approximate surface area is 211 Å². The normalized spacial score (nSPS) is 16.9. The maximum absolute atomic E-state index is 12.7. The molecule has 10 nitrogen and oxygen atoms in total. The van der Waals surface area contributed by atoms with Crippen LogP contribution in [0.2, 0.25) is 0 Å². The Balaban J connectivity index is 1.70. The van der Waals surface area contributed by atoms with Crippen LogP contribution in [0.25, 0.3) is 0 Å². The highest BCUT2D eigenvalue weighted by Gasteiger charge is 2.37. The number of likely N-dealkylation sites (tertiary alicyclic amines) is 1. The molecule has 0 saturated carbocycles. The number of ketones is 1. The number of urea groups is 1. The van der Waals surface area contributed by atoms with Crippen LogP contribution in [0.1, 0.15) is 44.6 Å². The molecule has 1 saturated heterocycles. The van der Waals surface area contributed by atoms with Crippen LogP contribution in [-0.4, -0.2) is 69.1 Å². The van der Waals surface area contributed by atoms with Crippen molar-refractivity contribution in [2.75, 3.05) is 45.7 Å². The number of allylic oxidation sites excluding steroid dienone is 2. The SMILES string of the molecule is COC(=O)C1=C(C)NC(C)=C(C(=O)OC)C1c1cccc(NC(=O)NCCCN2CCC(=O)CC2)c1. The molecule has 1 aromatic rings. The summed E-state index contributed by atoms with van der Waals surface area (Å²) >= 11 is 0. The summed E-state index contributed by atoms with van der Waals surface area (Å²) in [5.74, 6) is -1.54. The smallest absolute Gasteiger partial charge is 0.336 e. The number of nitrogens with zero attached hydrogens (tertiary/aromatic N) is 1. The van der Waals surface area contributed by atoms with Crippen molar-refractivity contribution in [2.45, 2.75) is 39.0 Å². The zero-order chi connectivity index (χ0) is 26.2. The number of Topliss-reactive ketones (excluding diaryl/α,β-unsaturated/α-hetero) is 1. The van der Waals surface area contributed by atoms with Gasteiger partial charge in [0, 0.05) is 49.6 Å². The van der Waals surface area contributed by atoms with Gasteiger partial charge in [0.1, 0.15) is 5.78 Å². The fraction of sp³-hybridized carbons (Fsp3) is 0.462. The predicted octanol–water partition coefficient (Wildman–Crippen LogP) is 2.44. The molecule has 0 aliphatic carbocycles. The second-order valence-electron chi connectivity index (χ2n) is 8.86. The average molecular weight is 499 g/mol. The van der Waals surface area contributed by atoms with Crippen molar-refractivity contribution >= 4 is 29.4 Å². The van der Waals surface area contributed by atoms with E-state index in [0.717, 1.165) is 26.1 Å². The van der Waals surface area contributed by atoms with Crippen LogP contribution in [-0.2, 0) is 23.9 Å². The summed E-state index contributed by atoms with van der Waals surface area (Å²) in [6.07, 6.45) is 1.97. The first-order valence-electron chi connectivity index (χ1n) is 12.0. The van der Waals surface area contributed by atoms with E-state index in [0.29, 0.717) is 59.0 Å². The third kappa shape index (κ3) is 6.51. The summed E-state index contributed by atoms with van der Waals surface area (Å²) in [5.41, 5.74) is 2.89. The lowest BCUT2D eigenvalue weighted by Crippen LogP contribution is -2.36. The van der Waals surface area contributed by atoms with Gasteiger partial charge in [-0.05, 0) is 44.5 Å². The number of dihydropyridines is 1. The molecule has 0 atom stereocenters. The Kier molecular flexibility index (Phi) is 9.24. The summed E-state index contributed by atoms with van der Waals surface area (Å²) < 4.78 is 9.99. The van der Waals surface area contributed by atoms with Crippen molar-refractivity contribution in [2.24, 2.45) is 0 Å². The number of benzene rings is 1. The van der Waals surface area contributed by atoms with Crippen LogP contribution in [0.3, 0.4) is 0 Å². The van der Waals surface area contributed by atoms with Crippen molar-refractivity contribution in [1.82, 2.24) is 15.5 Å². The Morgan fingerprint density at radius 1 is 1.03 bits per heavy atom. The largest absolute Gasteiger partial charge is 0.466 e. The second kappa shape index (κ2) is 12.3. The van der Waals surface area contributed by atoms with Crippen molar-refractivity contribution in [1.29, 1.82) is 0 Å². The number of hydrogen-bond acceptors (Lipinski definition) is 8. The zero-order valence-corrected chi connectivity index (χ0v) is 21.2. The Morgan fingerprint density at radius 2 is 1.64 bits per heavy atom. The minimum atomic E-state index is -0.729. The first kappa shape index (κ1) is 26.9. The van der Waals surface area contributed by atoms with E-state index in [9.17, 15) is 19.2 Å². The van der Waals surface area contributed by atoms with Gasteiger partial charge in [-0.15, -0.1) is 0 Å². The van der Waals surface area contributed by atoms with Gasteiger partial charge in [-0.2, -0.15) is 0 Å². The van der Waals surface area contributed by atoms with E-state index in [1.165, 1.54) is 14.2 Å². The predicted molar refractivity (Wildman–Crippen MR) is 134 cm³/mol. The highest BCUT2D eigenvalue weighted by molar-refractivity contribution is 6.00. The molecule has 0 aromatic heterocycles. The fourth-order valence-electron chi connectivity index (χ4n) is 4.59. The number of esters is 2. The number of carbonyl (C=O) groups is 4. The van der Waals surface area contributed by atoms with E-state index in [1.807, 2.05) is 0 Å². The molecule has 1 aromatic carbocycles. The van der Waals surface area contributed by atoms with E-state index in [1.54, 1.807) is 38.1 Å².